The molecular formula is C21H16ClF3N6O. The molecule has 3 heterocycles. The molecule has 1 N–H and O–H groups in total. The molecule has 0 aliphatic heterocycles. The summed E-state index contributed by atoms with van der Waals surface area (Å²) in [5, 5.41) is 11.3. The van der Waals surface area contributed by atoms with Gasteiger partial charge in [-0.05, 0) is 36.6 Å². The minimum atomic E-state index is -4.62. The van der Waals surface area contributed by atoms with Crippen LogP contribution in [-0.2, 0) is 12.7 Å². The number of nitrogens with one attached hydrogen (secondary N) is 1. The Morgan fingerprint density at radius 3 is 2.56 bits per heavy atom. The standard InChI is InChI=1S/C21H16ClF3N6O/c22-14-5-1-12(2-6-14)11-30-8-7-18(29-30)27-20(32)16-10-19-26-15(13-3-4-13)9-17(21(23,24)25)31(19)28-16/h1-2,5-10,13H,3-4,11H2,(H,27,29,32). The molecule has 1 aliphatic carbocycles. The molecule has 7 nitrogen and oxygen atoms in total. The molecular weight excluding hydrogens is 445 g/mol. The molecule has 0 atom stereocenters. The number of hydrogen-bond donors (Lipinski definition) is 1. The highest BCUT2D eigenvalue weighted by Crippen LogP contribution is 2.41. The van der Waals surface area contributed by atoms with Crippen molar-refractivity contribution in [1.82, 2.24) is 24.4 Å². The molecule has 1 fully saturated rings. The lowest BCUT2D eigenvalue weighted by atomic mass is 10.2. The second-order valence-electron chi connectivity index (χ2n) is 7.62. The van der Waals surface area contributed by atoms with Gasteiger partial charge in [-0.3, -0.25) is 9.48 Å². The van der Waals surface area contributed by atoms with E-state index < -0.39 is 17.8 Å². The van der Waals surface area contributed by atoms with Gasteiger partial charge in [0.15, 0.2) is 17.2 Å². The van der Waals surface area contributed by atoms with Crippen molar-refractivity contribution in [3.8, 4) is 0 Å². The highest BCUT2D eigenvalue weighted by atomic mass is 35.5. The van der Waals surface area contributed by atoms with E-state index in [0.29, 0.717) is 21.8 Å². The fraction of sp³-hybridized carbons (Fsp3) is 0.238. The van der Waals surface area contributed by atoms with Gasteiger partial charge in [0.2, 0.25) is 0 Å². The summed E-state index contributed by atoms with van der Waals surface area (Å²) in [7, 11) is 0. The normalized spacial score (nSPS) is 14.1. The summed E-state index contributed by atoms with van der Waals surface area (Å²) in [6, 6.07) is 11.1. The molecule has 0 saturated heterocycles. The highest BCUT2D eigenvalue weighted by molar-refractivity contribution is 6.30. The minimum Gasteiger partial charge on any atom is -0.304 e. The molecule has 4 aromatic rings. The molecule has 0 unspecified atom stereocenters. The van der Waals surface area contributed by atoms with E-state index in [9.17, 15) is 18.0 Å². The first-order valence-corrected chi connectivity index (χ1v) is 10.2. The van der Waals surface area contributed by atoms with Gasteiger partial charge in [0, 0.05) is 35.0 Å². The number of nitrogens with zero attached hydrogens (tertiary/aromatic N) is 5. The number of aromatic nitrogens is 5. The van der Waals surface area contributed by atoms with Crippen molar-refractivity contribution in [2.75, 3.05) is 5.32 Å². The number of rotatable bonds is 5. The van der Waals surface area contributed by atoms with E-state index in [0.717, 1.165) is 24.5 Å². The van der Waals surface area contributed by atoms with Crippen LogP contribution in [0.1, 0.15) is 46.2 Å². The molecule has 1 saturated carbocycles. The van der Waals surface area contributed by atoms with Gasteiger partial charge in [-0.2, -0.15) is 23.4 Å². The monoisotopic (exact) mass is 460 g/mol. The van der Waals surface area contributed by atoms with Crippen molar-refractivity contribution in [3.63, 3.8) is 0 Å². The first kappa shape index (κ1) is 20.5. The van der Waals surface area contributed by atoms with Crippen molar-refractivity contribution in [1.29, 1.82) is 0 Å². The Bertz CT molecular complexity index is 1310. The lowest BCUT2D eigenvalue weighted by Crippen LogP contribution is -2.16. The molecule has 0 radical (unpaired) electrons. The van der Waals surface area contributed by atoms with Crippen molar-refractivity contribution >= 4 is 29.0 Å². The van der Waals surface area contributed by atoms with Crippen LogP contribution < -0.4 is 5.32 Å². The van der Waals surface area contributed by atoms with E-state index >= 15 is 0 Å². The predicted molar refractivity (Wildman–Crippen MR) is 111 cm³/mol. The van der Waals surface area contributed by atoms with Gasteiger partial charge in [0.25, 0.3) is 5.91 Å². The maximum Gasteiger partial charge on any atom is 0.433 e. The summed E-state index contributed by atoms with van der Waals surface area (Å²) in [4.78, 5) is 16.9. The van der Waals surface area contributed by atoms with Crippen LogP contribution in [0.2, 0.25) is 5.02 Å². The van der Waals surface area contributed by atoms with E-state index in [1.165, 1.54) is 6.07 Å². The van der Waals surface area contributed by atoms with Crippen LogP contribution in [0.3, 0.4) is 0 Å². The maximum absolute atomic E-state index is 13.5. The van der Waals surface area contributed by atoms with E-state index in [1.54, 1.807) is 29.1 Å². The maximum atomic E-state index is 13.5. The zero-order chi connectivity index (χ0) is 22.5. The summed E-state index contributed by atoms with van der Waals surface area (Å²) in [6.45, 7) is 0.463. The van der Waals surface area contributed by atoms with Gasteiger partial charge in [-0.1, -0.05) is 23.7 Å². The number of fused-ring (bicyclic) bond motifs is 1. The van der Waals surface area contributed by atoms with Crippen molar-refractivity contribution < 1.29 is 18.0 Å². The van der Waals surface area contributed by atoms with Gasteiger partial charge < -0.3 is 5.32 Å². The van der Waals surface area contributed by atoms with Crippen LogP contribution in [0.25, 0.3) is 5.65 Å². The number of amides is 1. The van der Waals surface area contributed by atoms with Crippen LogP contribution in [0, 0.1) is 0 Å². The Hall–Kier alpha value is -3.40. The second kappa shape index (κ2) is 7.63. The topological polar surface area (TPSA) is 77.1 Å². The van der Waals surface area contributed by atoms with E-state index in [1.807, 2.05) is 12.1 Å². The third-order valence-electron chi connectivity index (χ3n) is 5.11. The van der Waals surface area contributed by atoms with Crippen molar-refractivity contribution in [2.45, 2.75) is 31.5 Å². The first-order valence-electron chi connectivity index (χ1n) is 9.83. The average Bonchev–Trinajstić information content (AvgIpc) is 3.35. The fourth-order valence-electron chi connectivity index (χ4n) is 3.37. The van der Waals surface area contributed by atoms with Gasteiger partial charge >= 0.3 is 6.18 Å². The van der Waals surface area contributed by atoms with E-state index in [-0.39, 0.29) is 23.1 Å². The zero-order valence-electron chi connectivity index (χ0n) is 16.5. The fourth-order valence-corrected chi connectivity index (χ4v) is 3.49. The SMILES string of the molecule is O=C(Nc1ccn(Cc2ccc(Cl)cc2)n1)c1cc2nc(C3CC3)cc(C(F)(F)F)n2n1. The average molecular weight is 461 g/mol. The van der Waals surface area contributed by atoms with E-state index in [2.05, 4.69) is 20.5 Å². The third-order valence-corrected chi connectivity index (χ3v) is 5.36. The Morgan fingerprint density at radius 2 is 1.88 bits per heavy atom. The Balaban J connectivity index is 1.37. The summed E-state index contributed by atoms with van der Waals surface area (Å²) in [6.07, 6.45) is -1.33. The predicted octanol–water partition coefficient (Wildman–Crippen LogP) is 4.78. The smallest absolute Gasteiger partial charge is 0.304 e. The molecule has 1 aliphatic rings. The number of halogens is 4. The lowest BCUT2D eigenvalue weighted by molar-refractivity contribution is -0.142. The molecule has 164 valence electrons. The van der Waals surface area contributed by atoms with Gasteiger partial charge in [-0.25, -0.2) is 9.50 Å². The number of carbonyl (C=O) groups is 1. The van der Waals surface area contributed by atoms with Crippen LogP contribution in [0.5, 0.6) is 0 Å². The molecule has 0 spiro atoms. The summed E-state index contributed by atoms with van der Waals surface area (Å²) in [5.74, 6) is -0.394. The summed E-state index contributed by atoms with van der Waals surface area (Å²) in [5.41, 5.74) is 0.199. The number of carbonyl (C=O) groups excluding carboxylic acids is 1. The third kappa shape index (κ3) is 4.18. The molecule has 32 heavy (non-hydrogen) atoms. The minimum absolute atomic E-state index is 0.0138. The Labute approximate surface area is 184 Å². The molecule has 5 rings (SSSR count). The van der Waals surface area contributed by atoms with Gasteiger partial charge in [0.05, 0.1) is 6.54 Å². The van der Waals surface area contributed by atoms with Gasteiger partial charge in [0.1, 0.15) is 5.69 Å². The van der Waals surface area contributed by atoms with Crippen LogP contribution in [-0.4, -0.2) is 30.3 Å². The lowest BCUT2D eigenvalue weighted by Gasteiger charge is -2.10. The molecule has 1 aromatic carbocycles. The van der Waals surface area contributed by atoms with Crippen LogP contribution in [0.4, 0.5) is 19.0 Å². The second-order valence-corrected chi connectivity index (χ2v) is 8.05. The van der Waals surface area contributed by atoms with Crippen LogP contribution in [0.15, 0.2) is 48.7 Å². The first-order chi connectivity index (χ1) is 15.3. The molecule has 3 aromatic heterocycles. The number of alkyl halides is 3. The summed E-state index contributed by atoms with van der Waals surface area (Å²) < 4.78 is 42.9. The highest BCUT2D eigenvalue weighted by Gasteiger charge is 2.37. The number of benzene rings is 1. The van der Waals surface area contributed by atoms with Crippen molar-refractivity contribution in [3.05, 3.63) is 76.3 Å². The largest absolute Gasteiger partial charge is 0.433 e. The molecule has 11 heteroatoms. The molecule has 1 amide bonds. The Morgan fingerprint density at radius 1 is 1.12 bits per heavy atom. The molecule has 0 bridgehead atoms. The number of anilines is 1. The van der Waals surface area contributed by atoms with Crippen molar-refractivity contribution in [2.24, 2.45) is 0 Å². The Kier molecular flexibility index (Phi) is 4.89. The zero-order valence-corrected chi connectivity index (χ0v) is 17.2. The van der Waals surface area contributed by atoms with Crippen LogP contribution >= 0.6 is 11.6 Å². The number of hydrogen-bond acceptors (Lipinski definition) is 4. The van der Waals surface area contributed by atoms with E-state index in [4.69, 9.17) is 11.6 Å². The summed E-state index contributed by atoms with van der Waals surface area (Å²) >= 11 is 5.88. The van der Waals surface area contributed by atoms with Gasteiger partial charge in [-0.15, -0.1) is 0 Å². The quantitative estimate of drug-likeness (QED) is 0.465.